The van der Waals surface area contributed by atoms with E-state index >= 15 is 0 Å². The average Bonchev–Trinajstić information content (AvgIpc) is 2.88. The van der Waals surface area contributed by atoms with Crippen LogP contribution in [0.3, 0.4) is 0 Å². The van der Waals surface area contributed by atoms with Gasteiger partial charge in [-0.1, -0.05) is 33.6 Å². The number of hydrogen-bond donors (Lipinski definition) is 2. The second kappa shape index (κ2) is 9.73. The summed E-state index contributed by atoms with van der Waals surface area (Å²) in [5.41, 5.74) is 0. The van der Waals surface area contributed by atoms with E-state index in [-0.39, 0.29) is 0 Å². The minimum atomic E-state index is 0.293. The SMILES string of the molecule is CCCNC(CCO)CN(CC(C)C)C1CCCC1. The minimum Gasteiger partial charge on any atom is -0.396 e. The molecule has 114 valence electrons. The Morgan fingerprint density at radius 3 is 2.42 bits per heavy atom. The fourth-order valence-corrected chi connectivity index (χ4v) is 3.16. The molecule has 1 saturated carbocycles. The molecule has 0 aromatic carbocycles. The summed E-state index contributed by atoms with van der Waals surface area (Å²) in [5.74, 6) is 0.724. The second-order valence-electron chi connectivity index (χ2n) is 6.45. The Balaban J connectivity index is 2.50. The van der Waals surface area contributed by atoms with Gasteiger partial charge in [-0.25, -0.2) is 0 Å². The van der Waals surface area contributed by atoms with E-state index in [2.05, 4.69) is 31.0 Å². The lowest BCUT2D eigenvalue weighted by molar-refractivity contribution is 0.147. The maximum absolute atomic E-state index is 9.24. The molecular formula is C16H34N2O. The van der Waals surface area contributed by atoms with Crippen LogP contribution in [-0.4, -0.2) is 48.3 Å². The van der Waals surface area contributed by atoms with E-state index in [0.717, 1.165) is 37.9 Å². The fraction of sp³-hybridized carbons (Fsp3) is 1.00. The lowest BCUT2D eigenvalue weighted by atomic mass is 10.1. The molecule has 2 N–H and O–H groups in total. The Morgan fingerprint density at radius 2 is 1.89 bits per heavy atom. The minimum absolute atomic E-state index is 0.293. The molecule has 0 bridgehead atoms. The zero-order chi connectivity index (χ0) is 14.1. The smallest absolute Gasteiger partial charge is 0.0446 e. The van der Waals surface area contributed by atoms with Crippen molar-refractivity contribution in [2.24, 2.45) is 5.92 Å². The van der Waals surface area contributed by atoms with Gasteiger partial charge in [-0.15, -0.1) is 0 Å². The third kappa shape index (κ3) is 6.73. The van der Waals surface area contributed by atoms with Crippen LogP contribution in [-0.2, 0) is 0 Å². The van der Waals surface area contributed by atoms with Gasteiger partial charge in [-0.05, 0) is 38.1 Å². The van der Waals surface area contributed by atoms with Gasteiger partial charge in [-0.3, -0.25) is 4.90 Å². The highest BCUT2D eigenvalue weighted by Gasteiger charge is 2.25. The van der Waals surface area contributed by atoms with Crippen LogP contribution in [0, 0.1) is 5.92 Å². The van der Waals surface area contributed by atoms with E-state index in [1.807, 2.05) is 0 Å². The molecule has 1 unspecified atom stereocenters. The number of aliphatic hydroxyl groups is 1. The summed E-state index contributed by atoms with van der Waals surface area (Å²) in [6.45, 7) is 10.5. The van der Waals surface area contributed by atoms with Gasteiger partial charge in [0.25, 0.3) is 0 Å². The lowest BCUT2D eigenvalue weighted by Gasteiger charge is -2.34. The van der Waals surface area contributed by atoms with Crippen molar-refractivity contribution < 1.29 is 5.11 Å². The molecule has 0 amide bonds. The zero-order valence-corrected chi connectivity index (χ0v) is 13.2. The summed E-state index contributed by atoms with van der Waals surface area (Å²) in [5, 5.41) is 12.8. The molecule has 1 aliphatic carbocycles. The van der Waals surface area contributed by atoms with E-state index in [1.54, 1.807) is 0 Å². The van der Waals surface area contributed by atoms with E-state index in [9.17, 15) is 5.11 Å². The molecule has 1 aliphatic rings. The third-order valence-corrected chi connectivity index (χ3v) is 4.06. The molecule has 0 aromatic rings. The van der Waals surface area contributed by atoms with Crippen molar-refractivity contribution in [1.29, 1.82) is 0 Å². The van der Waals surface area contributed by atoms with Gasteiger partial charge in [0.1, 0.15) is 0 Å². The monoisotopic (exact) mass is 270 g/mol. The van der Waals surface area contributed by atoms with Crippen LogP contribution in [0.5, 0.6) is 0 Å². The first kappa shape index (κ1) is 16.9. The number of nitrogens with one attached hydrogen (secondary N) is 1. The molecule has 0 heterocycles. The molecule has 1 fully saturated rings. The van der Waals surface area contributed by atoms with Crippen molar-refractivity contribution in [3.8, 4) is 0 Å². The predicted octanol–water partition coefficient (Wildman–Crippen LogP) is 2.64. The molecule has 0 radical (unpaired) electrons. The first-order chi connectivity index (χ1) is 9.17. The van der Waals surface area contributed by atoms with Crippen molar-refractivity contribution >= 4 is 0 Å². The number of rotatable bonds is 10. The normalized spacial score (nSPS) is 18.6. The van der Waals surface area contributed by atoms with Gasteiger partial charge in [0.2, 0.25) is 0 Å². The van der Waals surface area contributed by atoms with Gasteiger partial charge in [0.15, 0.2) is 0 Å². The van der Waals surface area contributed by atoms with Gasteiger partial charge >= 0.3 is 0 Å². The summed E-state index contributed by atoms with van der Waals surface area (Å²) in [6.07, 6.45) is 7.56. The maximum atomic E-state index is 9.24. The van der Waals surface area contributed by atoms with Crippen LogP contribution < -0.4 is 5.32 Å². The highest BCUT2D eigenvalue weighted by atomic mass is 16.3. The van der Waals surface area contributed by atoms with Gasteiger partial charge in [0.05, 0.1) is 0 Å². The van der Waals surface area contributed by atoms with E-state index in [1.165, 1.54) is 32.2 Å². The molecular weight excluding hydrogens is 236 g/mol. The van der Waals surface area contributed by atoms with Crippen LogP contribution in [0.2, 0.25) is 0 Å². The van der Waals surface area contributed by atoms with E-state index < -0.39 is 0 Å². The Hall–Kier alpha value is -0.120. The standard InChI is InChI=1S/C16H34N2O/c1-4-10-17-15(9-11-19)13-18(12-14(2)3)16-7-5-6-8-16/h14-17,19H,4-13H2,1-3H3. The largest absolute Gasteiger partial charge is 0.396 e. The van der Waals surface area contributed by atoms with Crippen LogP contribution in [0.4, 0.5) is 0 Å². The number of nitrogens with zero attached hydrogens (tertiary/aromatic N) is 1. The van der Waals surface area contributed by atoms with Crippen LogP contribution >= 0.6 is 0 Å². The molecule has 0 spiro atoms. The first-order valence-electron chi connectivity index (χ1n) is 8.25. The number of hydrogen-bond acceptors (Lipinski definition) is 3. The highest BCUT2D eigenvalue weighted by Crippen LogP contribution is 2.24. The Kier molecular flexibility index (Phi) is 8.67. The molecule has 0 aliphatic heterocycles. The fourth-order valence-electron chi connectivity index (χ4n) is 3.16. The Bertz CT molecular complexity index is 215. The highest BCUT2D eigenvalue weighted by molar-refractivity contribution is 4.82. The second-order valence-corrected chi connectivity index (χ2v) is 6.45. The third-order valence-electron chi connectivity index (χ3n) is 4.06. The predicted molar refractivity (Wildman–Crippen MR) is 82.5 cm³/mol. The van der Waals surface area contributed by atoms with Gasteiger partial charge < -0.3 is 10.4 Å². The Labute approximate surface area is 119 Å². The van der Waals surface area contributed by atoms with Crippen LogP contribution in [0.15, 0.2) is 0 Å². The molecule has 0 saturated heterocycles. The first-order valence-corrected chi connectivity index (χ1v) is 8.25. The van der Waals surface area contributed by atoms with Crippen molar-refractivity contribution in [2.45, 2.75) is 71.4 Å². The van der Waals surface area contributed by atoms with E-state index in [0.29, 0.717) is 12.6 Å². The number of aliphatic hydroxyl groups excluding tert-OH is 1. The summed E-state index contributed by atoms with van der Waals surface area (Å²) >= 11 is 0. The van der Waals surface area contributed by atoms with Crippen molar-refractivity contribution in [3.05, 3.63) is 0 Å². The summed E-state index contributed by atoms with van der Waals surface area (Å²) < 4.78 is 0. The quantitative estimate of drug-likeness (QED) is 0.640. The molecule has 3 heteroatoms. The van der Waals surface area contributed by atoms with Crippen LogP contribution in [0.1, 0.15) is 59.3 Å². The zero-order valence-electron chi connectivity index (χ0n) is 13.2. The molecule has 1 atom stereocenters. The van der Waals surface area contributed by atoms with Crippen molar-refractivity contribution in [3.63, 3.8) is 0 Å². The maximum Gasteiger partial charge on any atom is 0.0446 e. The Morgan fingerprint density at radius 1 is 1.21 bits per heavy atom. The molecule has 3 nitrogen and oxygen atoms in total. The molecule has 1 rings (SSSR count). The summed E-state index contributed by atoms with van der Waals surface area (Å²) in [4.78, 5) is 2.68. The molecule has 19 heavy (non-hydrogen) atoms. The van der Waals surface area contributed by atoms with E-state index in [4.69, 9.17) is 0 Å². The van der Waals surface area contributed by atoms with Gasteiger partial charge in [-0.2, -0.15) is 0 Å². The lowest BCUT2D eigenvalue weighted by Crippen LogP contribution is -2.46. The average molecular weight is 270 g/mol. The molecule has 0 aromatic heterocycles. The van der Waals surface area contributed by atoms with Crippen molar-refractivity contribution in [1.82, 2.24) is 10.2 Å². The summed E-state index contributed by atoms with van der Waals surface area (Å²) in [6, 6.07) is 1.23. The topological polar surface area (TPSA) is 35.5 Å². The van der Waals surface area contributed by atoms with Crippen molar-refractivity contribution in [2.75, 3.05) is 26.2 Å². The van der Waals surface area contributed by atoms with Crippen LogP contribution in [0.25, 0.3) is 0 Å². The summed E-state index contributed by atoms with van der Waals surface area (Å²) in [7, 11) is 0. The van der Waals surface area contributed by atoms with Gasteiger partial charge in [0, 0.05) is 31.8 Å².